The zero-order valence-corrected chi connectivity index (χ0v) is 12.5. The third-order valence-corrected chi connectivity index (χ3v) is 3.96. The number of unbranched alkanes of at least 4 members (excludes halogenated alkanes) is 1. The van der Waals surface area contributed by atoms with Crippen molar-refractivity contribution in [2.45, 2.75) is 31.9 Å². The number of benzene rings is 1. The number of anilines is 2. The molecular formula is C14H22N2O2S. The van der Waals surface area contributed by atoms with Crippen LogP contribution in [0.5, 0.6) is 5.75 Å². The predicted molar refractivity (Wildman–Crippen MR) is 82.9 cm³/mol. The Morgan fingerprint density at radius 2 is 2.26 bits per heavy atom. The van der Waals surface area contributed by atoms with Crippen molar-refractivity contribution in [3.8, 4) is 5.75 Å². The van der Waals surface area contributed by atoms with Crippen LogP contribution in [0.2, 0.25) is 0 Å². The number of carbonyl (C=O) groups is 1. The van der Waals surface area contributed by atoms with Gasteiger partial charge in [-0.2, -0.15) is 0 Å². The van der Waals surface area contributed by atoms with Gasteiger partial charge in [0.05, 0.1) is 18.0 Å². The fourth-order valence-corrected chi connectivity index (χ4v) is 2.54. The first-order valence-electron chi connectivity index (χ1n) is 6.44. The normalized spacial score (nSPS) is 11.9. The number of amides is 1. The number of nitrogen functional groups attached to an aromatic ring is 1. The lowest BCUT2D eigenvalue weighted by Crippen LogP contribution is -2.23. The van der Waals surface area contributed by atoms with Crippen LogP contribution < -0.4 is 15.8 Å². The van der Waals surface area contributed by atoms with E-state index in [1.165, 1.54) is 0 Å². The number of hydrogen-bond donors (Lipinski definition) is 2. The van der Waals surface area contributed by atoms with Crippen LogP contribution in [0.4, 0.5) is 11.4 Å². The van der Waals surface area contributed by atoms with Crippen LogP contribution in [0.1, 0.15) is 26.7 Å². The number of rotatable bonds is 7. The molecule has 0 aliphatic rings. The monoisotopic (exact) mass is 282 g/mol. The summed E-state index contributed by atoms with van der Waals surface area (Å²) < 4.78 is 5.20. The van der Waals surface area contributed by atoms with E-state index in [0.717, 1.165) is 18.6 Å². The lowest BCUT2D eigenvalue weighted by Gasteiger charge is -2.14. The van der Waals surface area contributed by atoms with Gasteiger partial charge in [0.2, 0.25) is 5.91 Å². The molecule has 0 spiro atoms. The lowest BCUT2D eigenvalue weighted by molar-refractivity contribution is -0.115. The Morgan fingerprint density at radius 3 is 2.89 bits per heavy atom. The van der Waals surface area contributed by atoms with E-state index >= 15 is 0 Å². The van der Waals surface area contributed by atoms with Crippen LogP contribution in [0.25, 0.3) is 0 Å². The minimum Gasteiger partial charge on any atom is -0.494 e. The highest BCUT2D eigenvalue weighted by molar-refractivity contribution is 8.00. The molecule has 0 bridgehead atoms. The summed E-state index contributed by atoms with van der Waals surface area (Å²) in [7, 11) is 1.56. The molecule has 0 radical (unpaired) electrons. The van der Waals surface area contributed by atoms with E-state index in [1.807, 2.05) is 6.92 Å². The zero-order valence-electron chi connectivity index (χ0n) is 11.7. The van der Waals surface area contributed by atoms with Crippen molar-refractivity contribution in [2.75, 3.05) is 23.9 Å². The Morgan fingerprint density at radius 1 is 1.53 bits per heavy atom. The Balaban J connectivity index is 2.61. The van der Waals surface area contributed by atoms with Crippen LogP contribution in [0, 0.1) is 0 Å². The van der Waals surface area contributed by atoms with Gasteiger partial charge in [0.15, 0.2) is 0 Å². The van der Waals surface area contributed by atoms with E-state index in [4.69, 9.17) is 10.5 Å². The van der Waals surface area contributed by atoms with Gasteiger partial charge in [-0.3, -0.25) is 4.79 Å². The quantitative estimate of drug-likeness (QED) is 0.595. The molecule has 106 valence electrons. The van der Waals surface area contributed by atoms with Gasteiger partial charge in [-0.05, 0) is 31.2 Å². The van der Waals surface area contributed by atoms with Gasteiger partial charge in [0, 0.05) is 11.8 Å². The number of nitrogens with two attached hydrogens (primary N) is 1. The molecule has 1 aromatic rings. The van der Waals surface area contributed by atoms with Crippen molar-refractivity contribution in [3.63, 3.8) is 0 Å². The molecule has 0 saturated carbocycles. The van der Waals surface area contributed by atoms with E-state index in [-0.39, 0.29) is 11.2 Å². The molecule has 1 unspecified atom stereocenters. The van der Waals surface area contributed by atoms with Crippen LogP contribution >= 0.6 is 11.8 Å². The Labute approximate surface area is 119 Å². The van der Waals surface area contributed by atoms with Gasteiger partial charge in [-0.1, -0.05) is 13.3 Å². The highest BCUT2D eigenvalue weighted by Crippen LogP contribution is 2.27. The van der Waals surface area contributed by atoms with Gasteiger partial charge in [-0.25, -0.2) is 0 Å². The third kappa shape index (κ3) is 5.03. The molecule has 1 aromatic carbocycles. The molecule has 0 saturated heterocycles. The minimum atomic E-state index is -0.0752. The van der Waals surface area contributed by atoms with Crippen molar-refractivity contribution in [2.24, 2.45) is 0 Å². The molecule has 1 amide bonds. The molecule has 5 heteroatoms. The summed E-state index contributed by atoms with van der Waals surface area (Å²) in [6.07, 6.45) is 2.28. The fraction of sp³-hybridized carbons (Fsp3) is 0.500. The molecule has 19 heavy (non-hydrogen) atoms. The molecule has 3 N–H and O–H groups in total. The summed E-state index contributed by atoms with van der Waals surface area (Å²) in [5.74, 6) is 1.58. The Bertz CT molecular complexity index is 424. The molecule has 4 nitrogen and oxygen atoms in total. The predicted octanol–water partition coefficient (Wildman–Crippen LogP) is 3.14. The first kappa shape index (κ1) is 15.7. The van der Waals surface area contributed by atoms with Gasteiger partial charge >= 0.3 is 0 Å². The topological polar surface area (TPSA) is 64.4 Å². The average molecular weight is 282 g/mol. The maximum absolute atomic E-state index is 12.0. The van der Waals surface area contributed by atoms with Crippen LogP contribution in [0.3, 0.4) is 0 Å². The largest absolute Gasteiger partial charge is 0.494 e. The van der Waals surface area contributed by atoms with Crippen LogP contribution in [-0.4, -0.2) is 24.0 Å². The Hall–Kier alpha value is -1.36. The maximum Gasteiger partial charge on any atom is 0.237 e. The molecule has 0 aliphatic carbocycles. The fourth-order valence-electron chi connectivity index (χ4n) is 1.53. The van der Waals surface area contributed by atoms with Crippen LogP contribution in [-0.2, 0) is 4.79 Å². The molecule has 0 fully saturated rings. The van der Waals surface area contributed by atoms with E-state index in [2.05, 4.69) is 12.2 Å². The van der Waals surface area contributed by atoms with Gasteiger partial charge in [-0.15, -0.1) is 11.8 Å². The van der Waals surface area contributed by atoms with E-state index in [0.29, 0.717) is 17.1 Å². The number of nitrogens with one attached hydrogen (secondary N) is 1. The summed E-state index contributed by atoms with van der Waals surface area (Å²) in [4.78, 5) is 12.0. The zero-order chi connectivity index (χ0) is 14.3. The van der Waals surface area contributed by atoms with Gasteiger partial charge in [0.25, 0.3) is 0 Å². The van der Waals surface area contributed by atoms with Crippen molar-refractivity contribution >= 4 is 29.0 Å². The molecular weight excluding hydrogens is 260 g/mol. The first-order valence-corrected chi connectivity index (χ1v) is 7.49. The maximum atomic E-state index is 12.0. The second-order valence-corrected chi connectivity index (χ2v) is 5.76. The van der Waals surface area contributed by atoms with E-state index in [9.17, 15) is 4.79 Å². The second-order valence-electron chi connectivity index (χ2n) is 4.32. The lowest BCUT2D eigenvalue weighted by atomic mass is 10.2. The number of methoxy groups -OCH3 is 1. The molecule has 0 aliphatic heterocycles. The first-order chi connectivity index (χ1) is 9.08. The standard InChI is InChI=1S/C14H22N2O2S/c1-4-5-8-19-10(2)14(17)16-12-7-6-11(15)9-13(12)18-3/h6-7,9-10H,4-5,8,15H2,1-3H3,(H,16,17). The molecule has 1 rings (SSSR count). The van der Waals surface area contributed by atoms with Crippen molar-refractivity contribution < 1.29 is 9.53 Å². The average Bonchev–Trinajstić information content (AvgIpc) is 2.40. The molecule has 0 aromatic heterocycles. The summed E-state index contributed by atoms with van der Waals surface area (Å²) >= 11 is 1.67. The number of ether oxygens (including phenoxy) is 1. The smallest absolute Gasteiger partial charge is 0.237 e. The highest BCUT2D eigenvalue weighted by atomic mass is 32.2. The number of hydrogen-bond acceptors (Lipinski definition) is 4. The van der Waals surface area contributed by atoms with E-state index < -0.39 is 0 Å². The minimum absolute atomic E-state index is 0.0100. The van der Waals surface area contributed by atoms with Gasteiger partial charge < -0.3 is 15.8 Å². The summed E-state index contributed by atoms with van der Waals surface area (Å²) in [6.45, 7) is 4.06. The molecule has 1 atom stereocenters. The summed E-state index contributed by atoms with van der Waals surface area (Å²) in [6, 6.07) is 5.20. The third-order valence-electron chi connectivity index (χ3n) is 2.72. The second kappa shape index (κ2) is 7.94. The van der Waals surface area contributed by atoms with Crippen molar-refractivity contribution in [1.82, 2.24) is 0 Å². The van der Waals surface area contributed by atoms with Gasteiger partial charge in [0.1, 0.15) is 5.75 Å². The van der Waals surface area contributed by atoms with E-state index in [1.54, 1.807) is 37.1 Å². The van der Waals surface area contributed by atoms with Crippen molar-refractivity contribution in [3.05, 3.63) is 18.2 Å². The van der Waals surface area contributed by atoms with Crippen LogP contribution in [0.15, 0.2) is 18.2 Å². The number of thioether (sulfide) groups is 1. The number of carbonyl (C=O) groups excluding carboxylic acids is 1. The Kier molecular flexibility index (Phi) is 6.56. The summed E-state index contributed by atoms with van der Waals surface area (Å²) in [5.41, 5.74) is 6.95. The summed E-state index contributed by atoms with van der Waals surface area (Å²) in [5, 5.41) is 2.80. The van der Waals surface area contributed by atoms with Crippen molar-refractivity contribution in [1.29, 1.82) is 0 Å². The molecule has 0 heterocycles. The SMILES string of the molecule is CCCCSC(C)C(=O)Nc1ccc(N)cc1OC. The highest BCUT2D eigenvalue weighted by Gasteiger charge is 2.15.